The molecule has 0 amide bonds. The third kappa shape index (κ3) is 2.04. The van der Waals surface area contributed by atoms with Gasteiger partial charge >= 0.3 is 0 Å². The number of nitrogens with two attached hydrogens (primary N) is 1. The topological polar surface area (TPSA) is 49.5 Å². The minimum atomic E-state index is -0.842. The van der Waals surface area contributed by atoms with E-state index in [1.165, 1.54) is 12.1 Å². The Morgan fingerprint density at radius 1 is 1.20 bits per heavy atom. The average Bonchev–Trinajstić information content (AvgIpc) is 2.43. The summed E-state index contributed by atoms with van der Waals surface area (Å²) in [7, 11) is 1.75. The Kier molecular flexibility index (Phi) is 2.95. The SMILES string of the molecule is CN1C=C(c2cccc(N)c2)c2ccc(F)cc2C1O. The molecule has 0 radical (unpaired) electrons. The van der Waals surface area contributed by atoms with Gasteiger partial charge in [-0.15, -0.1) is 0 Å². The molecular formula is C16H15FN2O. The van der Waals surface area contributed by atoms with Crippen molar-refractivity contribution in [2.24, 2.45) is 0 Å². The van der Waals surface area contributed by atoms with E-state index in [4.69, 9.17) is 5.73 Å². The fraction of sp³-hybridized carbons (Fsp3) is 0.125. The molecule has 0 aromatic heterocycles. The molecule has 1 atom stereocenters. The van der Waals surface area contributed by atoms with Crippen LogP contribution in [0.3, 0.4) is 0 Å². The van der Waals surface area contributed by atoms with Crippen molar-refractivity contribution < 1.29 is 9.50 Å². The van der Waals surface area contributed by atoms with Crippen molar-refractivity contribution in [3.05, 3.63) is 71.2 Å². The third-order valence-corrected chi connectivity index (χ3v) is 3.50. The molecule has 102 valence electrons. The minimum absolute atomic E-state index is 0.356. The first kappa shape index (κ1) is 12.7. The van der Waals surface area contributed by atoms with Gasteiger partial charge in [-0.25, -0.2) is 4.39 Å². The molecule has 0 spiro atoms. The lowest BCUT2D eigenvalue weighted by Crippen LogP contribution is -2.24. The van der Waals surface area contributed by atoms with E-state index < -0.39 is 6.23 Å². The van der Waals surface area contributed by atoms with Crippen molar-refractivity contribution in [2.45, 2.75) is 6.23 Å². The molecule has 0 bridgehead atoms. The lowest BCUT2D eigenvalue weighted by Gasteiger charge is -2.31. The van der Waals surface area contributed by atoms with Gasteiger partial charge in [-0.1, -0.05) is 18.2 Å². The summed E-state index contributed by atoms with van der Waals surface area (Å²) in [5, 5.41) is 10.2. The summed E-state index contributed by atoms with van der Waals surface area (Å²) in [5.41, 5.74) is 9.73. The lowest BCUT2D eigenvalue weighted by molar-refractivity contribution is 0.0519. The maximum Gasteiger partial charge on any atom is 0.153 e. The van der Waals surface area contributed by atoms with Gasteiger partial charge in [0.15, 0.2) is 6.23 Å². The van der Waals surface area contributed by atoms with E-state index in [0.717, 1.165) is 16.7 Å². The second-order valence-electron chi connectivity index (χ2n) is 4.94. The number of nitrogens with zero attached hydrogens (tertiary/aromatic N) is 1. The van der Waals surface area contributed by atoms with Crippen molar-refractivity contribution in [1.82, 2.24) is 4.90 Å². The molecule has 0 fully saturated rings. The third-order valence-electron chi connectivity index (χ3n) is 3.50. The van der Waals surface area contributed by atoms with Crippen LogP contribution in [0.25, 0.3) is 5.57 Å². The largest absolute Gasteiger partial charge is 0.399 e. The van der Waals surface area contributed by atoms with Crippen molar-refractivity contribution in [3.63, 3.8) is 0 Å². The molecule has 2 aromatic rings. The fourth-order valence-corrected chi connectivity index (χ4v) is 2.49. The van der Waals surface area contributed by atoms with Gasteiger partial charge in [0, 0.05) is 30.1 Å². The molecule has 1 aliphatic heterocycles. The van der Waals surface area contributed by atoms with Crippen LogP contribution in [0.4, 0.5) is 10.1 Å². The Bertz CT molecular complexity index is 697. The standard InChI is InChI=1S/C16H15FN2O/c1-19-9-15(10-3-2-4-12(18)7-10)13-6-5-11(17)8-14(13)16(19)20/h2-9,16,20H,18H2,1H3. The Balaban J connectivity index is 2.19. The average molecular weight is 270 g/mol. The van der Waals surface area contributed by atoms with Crippen molar-refractivity contribution >= 4 is 11.3 Å². The summed E-state index contributed by atoms with van der Waals surface area (Å²) in [4.78, 5) is 1.65. The molecule has 1 unspecified atom stereocenters. The van der Waals surface area contributed by atoms with Gasteiger partial charge in [0.1, 0.15) is 5.82 Å². The molecule has 4 heteroatoms. The molecule has 20 heavy (non-hydrogen) atoms. The van der Waals surface area contributed by atoms with Crippen LogP contribution >= 0.6 is 0 Å². The molecule has 0 saturated carbocycles. The van der Waals surface area contributed by atoms with Gasteiger partial charge in [-0.3, -0.25) is 0 Å². The van der Waals surface area contributed by atoms with Crippen molar-refractivity contribution in [1.29, 1.82) is 0 Å². The minimum Gasteiger partial charge on any atom is -0.399 e. The highest BCUT2D eigenvalue weighted by Crippen LogP contribution is 2.36. The highest BCUT2D eigenvalue weighted by molar-refractivity contribution is 5.83. The number of aliphatic hydroxyl groups is 1. The van der Waals surface area contributed by atoms with Crippen molar-refractivity contribution in [3.8, 4) is 0 Å². The summed E-state index contributed by atoms with van der Waals surface area (Å²) in [6.45, 7) is 0. The van der Waals surface area contributed by atoms with E-state index in [1.807, 2.05) is 30.5 Å². The zero-order chi connectivity index (χ0) is 14.3. The summed E-state index contributed by atoms with van der Waals surface area (Å²) >= 11 is 0. The van der Waals surface area contributed by atoms with Gasteiger partial charge in [0.05, 0.1) is 0 Å². The van der Waals surface area contributed by atoms with Crippen LogP contribution in [0.15, 0.2) is 48.7 Å². The highest BCUT2D eigenvalue weighted by Gasteiger charge is 2.24. The normalized spacial score (nSPS) is 17.6. The number of rotatable bonds is 1. The molecule has 0 saturated heterocycles. The predicted molar refractivity (Wildman–Crippen MR) is 77.1 cm³/mol. The Morgan fingerprint density at radius 3 is 2.75 bits per heavy atom. The zero-order valence-corrected chi connectivity index (χ0v) is 11.0. The van der Waals surface area contributed by atoms with E-state index in [1.54, 1.807) is 18.0 Å². The lowest BCUT2D eigenvalue weighted by atomic mass is 9.91. The molecular weight excluding hydrogens is 255 g/mol. The van der Waals surface area contributed by atoms with Gasteiger partial charge in [-0.2, -0.15) is 0 Å². The summed E-state index contributed by atoms with van der Waals surface area (Å²) in [6, 6.07) is 12.0. The number of hydrogen-bond donors (Lipinski definition) is 2. The van der Waals surface area contributed by atoms with Crippen LogP contribution in [0.5, 0.6) is 0 Å². The van der Waals surface area contributed by atoms with Crippen molar-refractivity contribution in [2.75, 3.05) is 12.8 Å². The van der Waals surface area contributed by atoms with Gasteiger partial charge in [0.2, 0.25) is 0 Å². The van der Waals surface area contributed by atoms with E-state index >= 15 is 0 Å². The van der Waals surface area contributed by atoms with E-state index in [0.29, 0.717) is 11.3 Å². The van der Waals surface area contributed by atoms with Crippen LogP contribution in [0, 0.1) is 5.82 Å². The number of halogens is 1. The number of nitrogen functional groups attached to an aromatic ring is 1. The number of anilines is 1. The van der Waals surface area contributed by atoms with Crippen LogP contribution in [-0.2, 0) is 0 Å². The van der Waals surface area contributed by atoms with E-state index in [9.17, 15) is 9.50 Å². The molecule has 3 rings (SSSR count). The zero-order valence-electron chi connectivity index (χ0n) is 11.0. The van der Waals surface area contributed by atoms with Crippen LogP contribution in [0.1, 0.15) is 22.9 Å². The van der Waals surface area contributed by atoms with Gasteiger partial charge in [0.25, 0.3) is 0 Å². The summed E-state index contributed by atoms with van der Waals surface area (Å²) < 4.78 is 13.4. The Morgan fingerprint density at radius 2 is 2.00 bits per heavy atom. The maximum absolute atomic E-state index is 13.4. The first-order chi connectivity index (χ1) is 9.56. The predicted octanol–water partition coefficient (Wildman–Crippen LogP) is 2.73. The summed E-state index contributed by atoms with van der Waals surface area (Å²) in [5.74, 6) is -0.356. The fourth-order valence-electron chi connectivity index (χ4n) is 2.49. The second kappa shape index (κ2) is 4.65. The van der Waals surface area contributed by atoms with Crippen LogP contribution < -0.4 is 5.73 Å². The van der Waals surface area contributed by atoms with Gasteiger partial charge in [-0.05, 0) is 35.4 Å². The Hall–Kier alpha value is -2.33. The smallest absolute Gasteiger partial charge is 0.153 e. The highest BCUT2D eigenvalue weighted by atomic mass is 19.1. The van der Waals surface area contributed by atoms with E-state index in [-0.39, 0.29) is 5.82 Å². The summed E-state index contributed by atoms with van der Waals surface area (Å²) in [6.07, 6.45) is 1.00. The first-order valence-corrected chi connectivity index (χ1v) is 6.34. The van der Waals surface area contributed by atoms with Crippen LogP contribution in [0.2, 0.25) is 0 Å². The Labute approximate surface area is 116 Å². The first-order valence-electron chi connectivity index (χ1n) is 6.34. The number of benzene rings is 2. The second-order valence-corrected chi connectivity index (χ2v) is 4.94. The van der Waals surface area contributed by atoms with Crippen LogP contribution in [-0.4, -0.2) is 17.1 Å². The molecule has 2 aromatic carbocycles. The maximum atomic E-state index is 13.4. The number of fused-ring (bicyclic) bond motifs is 1. The number of aliphatic hydroxyl groups excluding tert-OH is 1. The van der Waals surface area contributed by atoms with Gasteiger partial charge < -0.3 is 15.7 Å². The molecule has 1 heterocycles. The van der Waals surface area contributed by atoms with E-state index in [2.05, 4.69) is 0 Å². The monoisotopic (exact) mass is 270 g/mol. The molecule has 1 aliphatic rings. The molecule has 0 aliphatic carbocycles. The molecule has 3 nitrogen and oxygen atoms in total. The number of hydrogen-bond acceptors (Lipinski definition) is 3. The quantitative estimate of drug-likeness (QED) is 0.783. The molecule has 3 N–H and O–H groups in total.